The van der Waals surface area contributed by atoms with Crippen molar-refractivity contribution in [3.63, 3.8) is 0 Å². The van der Waals surface area contributed by atoms with Crippen molar-refractivity contribution in [1.29, 1.82) is 0 Å². The van der Waals surface area contributed by atoms with Crippen LogP contribution >= 0.6 is 0 Å². The molecule has 3 heterocycles. The van der Waals surface area contributed by atoms with Gasteiger partial charge in [-0.3, -0.25) is 9.69 Å². The van der Waals surface area contributed by atoms with Gasteiger partial charge >= 0.3 is 5.82 Å². The van der Waals surface area contributed by atoms with Gasteiger partial charge in [0.05, 0.1) is 24.7 Å². The number of piperidine rings is 1. The number of pyridine rings is 1. The van der Waals surface area contributed by atoms with E-state index in [4.69, 9.17) is 0 Å². The quantitative estimate of drug-likeness (QED) is 0.431. The summed E-state index contributed by atoms with van der Waals surface area (Å²) in [5.74, 6) is 7.28. The monoisotopic (exact) mass is 418 g/mol. The van der Waals surface area contributed by atoms with Gasteiger partial charge in [-0.05, 0) is 61.5 Å². The molecule has 31 heavy (non-hydrogen) atoms. The Bertz CT molecular complexity index is 1050. The Hall–Kier alpha value is -3.50. The summed E-state index contributed by atoms with van der Waals surface area (Å²) in [6, 6.07) is 11.3. The van der Waals surface area contributed by atoms with Crippen LogP contribution in [-0.4, -0.2) is 31.0 Å². The molecule has 0 aliphatic carbocycles. The van der Waals surface area contributed by atoms with Gasteiger partial charge in [-0.15, -0.1) is 4.91 Å². The number of amides is 1. The second kappa shape index (κ2) is 9.11. The number of hydrogen-bond acceptors (Lipinski definition) is 5. The smallest absolute Gasteiger partial charge is 0.304 e. The SMILES string of the molecule is CC1(C)CN(c2ccc(C#CC=C3CCN(c4[nH+]cccc4N=O)CC3)cc2)C1=O.[OH-]. The molecule has 2 saturated heterocycles. The normalized spacial score (nSPS) is 17.1. The van der Waals surface area contributed by atoms with E-state index < -0.39 is 0 Å². The van der Waals surface area contributed by atoms with Crippen LogP contribution in [0.25, 0.3) is 0 Å². The zero-order chi connectivity index (χ0) is 21.1. The molecule has 160 valence electrons. The third-order valence-electron chi connectivity index (χ3n) is 5.68. The Balaban J connectivity index is 0.00000272. The maximum absolute atomic E-state index is 12.1. The molecule has 2 N–H and O–H groups in total. The molecule has 1 amide bonds. The van der Waals surface area contributed by atoms with E-state index >= 15 is 0 Å². The van der Waals surface area contributed by atoms with E-state index in [1.807, 2.05) is 55.3 Å². The Morgan fingerprint density at radius 1 is 1.13 bits per heavy atom. The largest absolute Gasteiger partial charge is 0.870 e. The van der Waals surface area contributed by atoms with E-state index in [0.29, 0.717) is 5.69 Å². The fourth-order valence-electron chi connectivity index (χ4n) is 3.87. The predicted molar refractivity (Wildman–Crippen MR) is 119 cm³/mol. The van der Waals surface area contributed by atoms with Crippen molar-refractivity contribution in [2.24, 2.45) is 10.6 Å². The molecule has 0 bridgehead atoms. The van der Waals surface area contributed by atoms with Gasteiger partial charge in [0.2, 0.25) is 5.91 Å². The number of nitrogens with zero attached hydrogens (tertiary/aromatic N) is 3. The average Bonchev–Trinajstić information content (AvgIpc) is 2.78. The molecule has 0 saturated carbocycles. The maximum atomic E-state index is 12.1. The molecule has 0 atom stereocenters. The van der Waals surface area contributed by atoms with Gasteiger partial charge in [-0.1, -0.05) is 17.4 Å². The van der Waals surface area contributed by atoms with Crippen molar-refractivity contribution in [2.75, 3.05) is 29.4 Å². The van der Waals surface area contributed by atoms with Gasteiger partial charge in [-0.2, -0.15) is 0 Å². The lowest BCUT2D eigenvalue weighted by Gasteiger charge is -2.44. The summed E-state index contributed by atoms with van der Waals surface area (Å²) < 4.78 is 0. The minimum absolute atomic E-state index is 0. The first-order valence-electron chi connectivity index (χ1n) is 10.2. The van der Waals surface area contributed by atoms with Crippen LogP contribution in [0.5, 0.6) is 0 Å². The van der Waals surface area contributed by atoms with Crippen LogP contribution in [-0.2, 0) is 4.79 Å². The highest BCUT2D eigenvalue weighted by atomic mass is 16.3. The summed E-state index contributed by atoms with van der Waals surface area (Å²) >= 11 is 0. The Morgan fingerprint density at radius 2 is 1.84 bits per heavy atom. The first-order chi connectivity index (χ1) is 14.5. The highest BCUT2D eigenvalue weighted by Gasteiger charge is 2.44. The molecule has 0 radical (unpaired) electrons. The summed E-state index contributed by atoms with van der Waals surface area (Å²) in [6.45, 7) is 6.35. The lowest BCUT2D eigenvalue weighted by Crippen LogP contribution is -2.58. The highest BCUT2D eigenvalue weighted by Crippen LogP contribution is 2.35. The first kappa shape index (κ1) is 22.2. The molecule has 2 aliphatic heterocycles. The molecule has 7 nitrogen and oxygen atoms in total. The van der Waals surface area contributed by atoms with E-state index in [1.54, 1.807) is 12.1 Å². The summed E-state index contributed by atoms with van der Waals surface area (Å²) in [5.41, 5.74) is 3.36. The topological polar surface area (TPSA) is 97.1 Å². The minimum atomic E-state index is -0.246. The van der Waals surface area contributed by atoms with Crippen molar-refractivity contribution in [3.05, 3.63) is 64.7 Å². The molecule has 7 heteroatoms. The molecule has 1 aromatic carbocycles. The van der Waals surface area contributed by atoms with Crippen LogP contribution in [0, 0.1) is 22.2 Å². The number of aromatic nitrogens is 1. The number of allylic oxidation sites excluding steroid dienone is 1. The minimum Gasteiger partial charge on any atom is -0.870 e. The molecule has 0 unspecified atom stereocenters. The third kappa shape index (κ3) is 4.65. The lowest BCUT2D eigenvalue weighted by molar-refractivity contribution is -0.363. The number of rotatable bonds is 3. The van der Waals surface area contributed by atoms with Gasteiger partial charge in [-0.25, -0.2) is 4.98 Å². The van der Waals surface area contributed by atoms with Crippen LogP contribution in [0.2, 0.25) is 0 Å². The van der Waals surface area contributed by atoms with Crippen LogP contribution in [0.4, 0.5) is 17.2 Å². The van der Waals surface area contributed by atoms with Crippen LogP contribution in [0.3, 0.4) is 0 Å². The molecule has 2 fully saturated rings. The van der Waals surface area contributed by atoms with Gasteiger partial charge in [0.1, 0.15) is 0 Å². The van der Waals surface area contributed by atoms with Gasteiger partial charge in [0.25, 0.3) is 0 Å². The first-order valence-corrected chi connectivity index (χ1v) is 10.2. The predicted octanol–water partition coefficient (Wildman–Crippen LogP) is 3.67. The Morgan fingerprint density at radius 3 is 2.45 bits per heavy atom. The number of H-pyrrole nitrogens is 1. The van der Waals surface area contributed by atoms with Gasteiger partial charge in [0.15, 0.2) is 5.69 Å². The number of β-lactam (4-membered cyclic amide) rings is 1. The van der Waals surface area contributed by atoms with E-state index in [0.717, 1.165) is 49.5 Å². The van der Waals surface area contributed by atoms with Crippen LogP contribution < -0.4 is 14.8 Å². The molecule has 4 rings (SSSR count). The maximum Gasteiger partial charge on any atom is 0.304 e. The molecule has 0 spiro atoms. The van der Waals surface area contributed by atoms with Gasteiger partial charge < -0.3 is 10.4 Å². The standard InChI is InChI=1S/C24H24N4O2.H2O/c1-24(2)17-28(23(24)29)20-10-8-18(9-11-20)5-3-6-19-12-15-27(16-13-19)22-21(26-30)7-4-14-25-22;/h4,6-11,14H,12-13,15-17H2,1-2H3;1H2. The lowest BCUT2D eigenvalue weighted by atomic mass is 9.82. The van der Waals surface area contributed by atoms with Crippen molar-refractivity contribution in [2.45, 2.75) is 26.7 Å². The number of hydrogen-bond donors (Lipinski definition) is 0. The number of benzene rings is 1. The van der Waals surface area contributed by atoms with E-state index in [-0.39, 0.29) is 16.8 Å². The number of aromatic amines is 1. The summed E-state index contributed by atoms with van der Waals surface area (Å²) in [5, 5.41) is 3.10. The van der Waals surface area contributed by atoms with Crippen molar-refractivity contribution < 1.29 is 15.3 Å². The average molecular weight is 418 g/mol. The number of carbonyl (C=O) groups is 1. The Kier molecular flexibility index (Phi) is 6.52. The number of nitroso groups, excluding NO2 is 1. The second-order valence-corrected chi connectivity index (χ2v) is 8.38. The molecular weight excluding hydrogens is 392 g/mol. The zero-order valence-electron chi connectivity index (χ0n) is 17.8. The Labute approximate surface area is 182 Å². The summed E-state index contributed by atoms with van der Waals surface area (Å²) in [4.78, 5) is 30.2. The fourth-order valence-corrected chi connectivity index (χ4v) is 3.87. The second-order valence-electron chi connectivity index (χ2n) is 8.38. The molecule has 1 aromatic heterocycles. The molecule has 2 aliphatic rings. The van der Waals surface area contributed by atoms with E-state index in [1.165, 1.54) is 5.57 Å². The number of carbonyl (C=O) groups excluding carboxylic acids is 1. The van der Waals surface area contributed by atoms with Gasteiger partial charge in [0, 0.05) is 30.6 Å². The van der Waals surface area contributed by atoms with Crippen molar-refractivity contribution >= 4 is 23.1 Å². The zero-order valence-corrected chi connectivity index (χ0v) is 17.8. The third-order valence-corrected chi connectivity index (χ3v) is 5.68. The van der Waals surface area contributed by atoms with Crippen LogP contribution in [0.1, 0.15) is 32.3 Å². The molecular formula is C24H26N4O3. The van der Waals surface area contributed by atoms with E-state index in [9.17, 15) is 9.70 Å². The summed E-state index contributed by atoms with van der Waals surface area (Å²) in [6.07, 6.45) is 5.62. The highest BCUT2D eigenvalue weighted by molar-refractivity contribution is 6.03. The van der Waals surface area contributed by atoms with Crippen molar-refractivity contribution in [3.8, 4) is 11.8 Å². The summed E-state index contributed by atoms with van der Waals surface area (Å²) in [7, 11) is 0. The van der Waals surface area contributed by atoms with Crippen LogP contribution in [0.15, 0.2) is 59.4 Å². The number of nitrogens with one attached hydrogen (secondary N) is 1. The van der Waals surface area contributed by atoms with Crippen molar-refractivity contribution in [1.82, 2.24) is 0 Å². The molecule has 2 aromatic rings. The number of anilines is 2. The van der Waals surface area contributed by atoms with E-state index in [2.05, 4.69) is 26.9 Å². The fraction of sp³-hybridized carbons (Fsp3) is 0.333.